The van der Waals surface area contributed by atoms with Crippen LogP contribution in [0.15, 0.2) is 48.3 Å². The van der Waals surface area contributed by atoms with Crippen molar-refractivity contribution >= 4 is 5.78 Å². The maximum absolute atomic E-state index is 12.8. The van der Waals surface area contributed by atoms with E-state index >= 15 is 0 Å². The Hall–Kier alpha value is -2.49. The highest BCUT2D eigenvalue weighted by molar-refractivity contribution is 6.09. The van der Waals surface area contributed by atoms with Crippen molar-refractivity contribution in [1.29, 1.82) is 0 Å². The van der Waals surface area contributed by atoms with Gasteiger partial charge in [0.2, 0.25) is 5.78 Å². The topological polar surface area (TPSA) is 34.5 Å². The Kier molecular flexibility index (Phi) is 4.24. The Morgan fingerprint density at radius 2 is 1.91 bits per heavy atom. The Morgan fingerprint density at radius 3 is 2.57 bits per heavy atom. The second kappa shape index (κ2) is 6.32. The minimum Gasteiger partial charge on any atom is -0.497 e. The van der Waals surface area contributed by atoms with Gasteiger partial charge in [0.05, 0.1) is 12.8 Å². The van der Waals surface area contributed by atoms with Crippen molar-refractivity contribution in [2.45, 2.75) is 19.4 Å². The molecule has 0 bridgehead atoms. The number of ether oxygens (including phenoxy) is 1. The molecule has 0 saturated carbocycles. The van der Waals surface area contributed by atoms with Crippen LogP contribution in [-0.4, -0.2) is 36.5 Å². The molecule has 4 heteroatoms. The van der Waals surface area contributed by atoms with Crippen LogP contribution < -0.4 is 4.74 Å². The molecule has 0 amide bonds. The number of aromatic nitrogens is 1. The molecular formula is C19H22N2O2. The molecule has 0 atom stereocenters. The van der Waals surface area contributed by atoms with Crippen molar-refractivity contribution in [3.8, 4) is 5.75 Å². The Bertz CT molecular complexity index is 739. The fraction of sp³-hybridized carbons (Fsp3) is 0.316. The first-order chi connectivity index (χ1) is 11.1. The molecule has 0 aliphatic heterocycles. The second-order valence-corrected chi connectivity index (χ2v) is 6.11. The zero-order valence-corrected chi connectivity index (χ0v) is 13.9. The number of allylic oxidation sites excluding steroid dienone is 1. The molecule has 3 rings (SSSR count). The summed E-state index contributed by atoms with van der Waals surface area (Å²) in [6, 6.07) is 10.0. The number of nitrogens with zero attached hydrogens (tertiary/aromatic N) is 2. The van der Waals surface area contributed by atoms with E-state index in [1.54, 1.807) is 7.11 Å². The quantitative estimate of drug-likeness (QED) is 0.814. The van der Waals surface area contributed by atoms with E-state index in [-0.39, 0.29) is 5.78 Å². The molecule has 1 aliphatic rings. The molecule has 0 spiro atoms. The number of ketones is 1. The van der Waals surface area contributed by atoms with E-state index in [1.165, 1.54) is 0 Å². The van der Waals surface area contributed by atoms with Crippen molar-refractivity contribution in [3.63, 3.8) is 0 Å². The number of hydrogen-bond donors (Lipinski definition) is 0. The largest absolute Gasteiger partial charge is 0.497 e. The predicted octanol–water partition coefficient (Wildman–Crippen LogP) is 3.12. The zero-order valence-electron chi connectivity index (χ0n) is 13.9. The fourth-order valence-electron chi connectivity index (χ4n) is 3.03. The number of carbonyl (C=O) groups excluding carboxylic acids is 1. The summed E-state index contributed by atoms with van der Waals surface area (Å²) in [4.78, 5) is 14.7. The molecule has 120 valence electrons. The lowest BCUT2D eigenvalue weighted by atomic mass is 9.92. The van der Waals surface area contributed by atoms with Crippen LogP contribution in [0.25, 0.3) is 0 Å². The summed E-state index contributed by atoms with van der Waals surface area (Å²) in [6.45, 7) is 0.695. The van der Waals surface area contributed by atoms with Gasteiger partial charge in [-0.25, -0.2) is 0 Å². The van der Waals surface area contributed by atoms with Gasteiger partial charge in [-0.15, -0.1) is 0 Å². The monoisotopic (exact) mass is 310 g/mol. The van der Waals surface area contributed by atoms with Crippen LogP contribution in [0.2, 0.25) is 0 Å². The Morgan fingerprint density at radius 1 is 1.17 bits per heavy atom. The van der Waals surface area contributed by atoms with E-state index in [0.29, 0.717) is 6.54 Å². The van der Waals surface area contributed by atoms with E-state index in [4.69, 9.17) is 4.74 Å². The summed E-state index contributed by atoms with van der Waals surface area (Å²) in [7, 11) is 5.56. The molecule has 2 aromatic rings. The third-order valence-corrected chi connectivity index (χ3v) is 4.14. The minimum absolute atomic E-state index is 0.151. The summed E-state index contributed by atoms with van der Waals surface area (Å²) < 4.78 is 7.25. The van der Waals surface area contributed by atoms with Crippen LogP contribution >= 0.6 is 0 Å². The van der Waals surface area contributed by atoms with E-state index in [9.17, 15) is 4.79 Å². The molecule has 0 unspecified atom stereocenters. The van der Waals surface area contributed by atoms with Crippen LogP contribution in [0.4, 0.5) is 0 Å². The molecule has 1 aromatic heterocycles. The Labute approximate surface area is 137 Å². The number of aryl methyl sites for hydroxylation is 1. The van der Waals surface area contributed by atoms with Gasteiger partial charge in [-0.3, -0.25) is 4.79 Å². The molecule has 0 fully saturated rings. The molecular weight excluding hydrogens is 288 g/mol. The first-order valence-electron chi connectivity index (χ1n) is 7.81. The average Bonchev–Trinajstić information content (AvgIpc) is 2.94. The van der Waals surface area contributed by atoms with Crippen molar-refractivity contribution in [1.82, 2.24) is 9.47 Å². The normalized spacial score (nSPS) is 15.6. The number of hydrogen-bond acceptors (Lipinski definition) is 3. The molecule has 0 N–H and O–H groups in total. The predicted molar refractivity (Wildman–Crippen MR) is 90.9 cm³/mol. The molecule has 0 radical (unpaired) electrons. The number of carbonyl (C=O) groups is 1. The van der Waals surface area contributed by atoms with Crippen LogP contribution in [0, 0.1) is 0 Å². The van der Waals surface area contributed by atoms with Gasteiger partial charge in [0.25, 0.3) is 0 Å². The van der Waals surface area contributed by atoms with E-state index < -0.39 is 0 Å². The SMILES string of the molecule is COc1ccc(Cn2ccc3c2C(=O)/C(=C/N(C)C)CC3)cc1. The lowest BCUT2D eigenvalue weighted by molar-refractivity contribution is 0.101. The average molecular weight is 310 g/mol. The maximum atomic E-state index is 12.8. The first kappa shape index (κ1) is 15.4. The number of Topliss-reactive ketones (excluding diaryl/α,β-unsaturated/α-hetero) is 1. The van der Waals surface area contributed by atoms with Gasteiger partial charge < -0.3 is 14.2 Å². The lowest BCUT2D eigenvalue weighted by Crippen LogP contribution is -2.20. The summed E-state index contributed by atoms with van der Waals surface area (Å²) in [5.41, 5.74) is 4.03. The summed E-state index contributed by atoms with van der Waals surface area (Å²) in [5.74, 6) is 0.994. The number of methoxy groups -OCH3 is 1. The van der Waals surface area contributed by atoms with E-state index in [2.05, 4.69) is 10.6 Å². The summed E-state index contributed by atoms with van der Waals surface area (Å²) in [6.07, 6.45) is 5.70. The van der Waals surface area contributed by atoms with Crippen LogP contribution in [-0.2, 0) is 13.0 Å². The maximum Gasteiger partial charge on any atom is 0.207 e. The van der Waals surface area contributed by atoms with Crippen molar-refractivity contribution in [2.75, 3.05) is 21.2 Å². The standard InChI is InChI=1S/C19H22N2O2/c1-20(2)13-16-7-6-15-10-11-21(18(15)19(16)22)12-14-4-8-17(23-3)9-5-14/h4-5,8-11,13H,6-7,12H2,1-3H3/b16-13+. The van der Waals surface area contributed by atoms with Crippen LogP contribution in [0.1, 0.15) is 28.0 Å². The second-order valence-electron chi connectivity index (χ2n) is 6.11. The van der Waals surface area contributed by atoms with Gasteiger partial charge in [0, 0.05) is 38.6 Å². The van der Waals surface area contributed by atoms with Gasteiger partial charge in [-0.05, 0) is 42.2 Å². The summed E-state index contributed by atoms with van der Waals surface area (Å²) >= 11 is 0. The summed E-state index contributed by atoms with van der Waals surface area (Å²) in [5, 5.41) is 0. The van der Waals surface area contributed by atoms with Crippen molar-refractivity contribution in [2.24, 2.45) is 0 Å². The molecule has 4 nitrogen and oxygen atoms in total. The molecule has 1 aromatic carbocycles. The molecule has 1 aliphatic carbocycles. The van der Waals surface area contributed by atoms with Crippen molar-refractivity contribution in [3.05, 3.63) is 65.1 Å². The van der Waals surface area contributed by atoms with Gasteiger partial charge in [-0.1, -0.05) is 12.1 Å². The van der Waals surface area contributed by atoms with E-state index in [0.717, 1.165) is 41.0 Å². The van der Waals surface area contributed by atoms with Gasteiger partial charge in [-0.2, -0.15) is 0 Å². The van der Waals surface area contributed by atoms with Crippen molar-refractivity contribution < 1.29 is 9.53 Å². The molecule has 23 heavy (non-hydrogen) atoms. The number of fused-ring (bicyclic) bond motifs is 1. The third-order valence-electron chi connectivity index (χ3n) is 4.14. The lowest BCUT2D eigenvalue weighted by Gasteiger charge is -2.19. The third kappa shape index (κ3) is 3.16. The zero-order chi connectivity index (χ0) is 16.4. The molecule has 0 saturated heterocycles. The van der Waals surface area contributed by atoms with Gasteiger partial charge in [0.1, 0.15) is 5.75 Å². The highest BCUT2D eigenvalue weighted by Gasteiger charge is 2.25. The van der Waals surface area contributed by atoms with Gasteiger partial charge >= 0.3 is 0 Å². The number of rotatable bonds is 4. The van der Waals surface area contributed by atoms with Gasteiger partial charge in [0.15, 0.2) is 0 Å². The number of benzene rings is 1. The molecule has 1 heterocycles. The highest BCUT2D eigenvalue weighted by Crippen LogP contribution is 2.27. The fourth-order valence-corrected chi connectivity index (χ4v) is 3.03. The Balaban J connectivity index is 1.88. The van der Waals surface area contributed by atoms with E-state index in [1.807, 2.05) is 55.7 Å². The first-order valence-corrected chi connectivity index (χ1v) is 7.81. The van der Waals surface area contributed by atoms with Crippen LogP contribution in [0.3, 0.4) is 0 Å². The van der Waals surface area contributed by atoms with Crippen LogP contribution in [0.5, 0.6) is 5.75 Å². The highest BCUT2D eigenvalue weighted by atomic mass is 16.5. The minimum atomic E-state index is 0.151. The smallest absolute Gasteiger partial charge is 0.207 e.